The van der Waals surface area contributed by atoms with Crippen molar-refractivity contribution in [2.45, 2.75) is 25.1 Å². The van der Waals surface area contributed by atoms with Crippen molar-refractivity contribution in [1.29, 1.82) is 0 Å². The third-order valence-electron chi connectivity index (χ3n) is 3.98. The molecule has 1 N–H and O–H groups in total. The zero-order valence-corrected chi connectivity index (χ0v) is 15.0. The van der Waals surface area contributed by atoms with E-state index in [9.17, 15) is 0 Å². The summed E-state index contributed by atoms with van der Waals surface area (Å²) >= 11 is 2.08. The van der Waals surface area contributed by atoms with Crippen molar-refractivity contribution in [1.82, 2.24) is 10.2 Å². The smallest absolute Gasteiger partial charge is 0.193 e. The highest BCUT2D eigenvalue weighted by Gasteiger charge is 2.21. The van der Waals surface area contributed by atoms with Crippen molar-refractivity contribution < 1.29 is 0 Å². The Hall–Kier alpha value is -1.36. The van der Waals surface area contributed by atoms with E-state index >= 15 is 0 Å². The summed E-state index contributed by atoms with van der Waals surface area (Å²) in [5.41, 5.74) is 2.51. The molecule has 0 amide bonds. The first-order chi connectivity index (χ1) is 10.6. The first-order valence-electron chi connectivity index (χ1n) is 7.97. The normalized spacial score (nSPS) is 19.2. The van der Waals surface area contributed by atoms with Crippen LogP contribution in [-0.4, -0.2) is 56.1 Å². The quantitative estimate of drug-likeness (QED) is 0.682. The minimum atomic E-state index is 0.726. The van der Waals surface area contributed by atoms with E-state index in [-0.39, 0.29) is 0 Å². The van der Waals surface area contributed by atoms with Crippen LogP contribution >= 0.6 is 11.8 Å². The summed E-state index contributed by atoms with van der Waals surface area (Å²) < 4.78 is 0. The first kappa shape index (κ1) is 17.0. The van der Waals surface area contributed by atoms with Crippen molar-refractivity contribution in [2.24, 2.45) is 4.99 Å². The third-order valence-corrected chi connectivity index (χ3v) is 5.36. The van der Waals surface area contributed by atoms with Crippen LogP contribution in [0.5, 0.6) is 0 Å². The summed E-state index contributed by atoms with van der Waals surface area (Å²) in [7, 11) is 6.02. The van der Waals surface area contributed by atoms with E-state index < -0.39 is 0 Å². The summed E-state index contributed by atoms with van der Waals surface area (Å²) in [6.45, 7) is 5.26. The third kappa shape index (κ3) is 4.57. The lowest BCUT2D eigenvalue weighted by molar-refractivity contribution is 0.408. The van der Waals surface area contributed by atoms with Crippen LogP contribution in [0, 0.1) is 0 Å². The molecule has 2 rings (SSSR count). The van der Waals surface area contributed by atoms with Gasteiger partial charge >= 0.3 is 0 Å². The zero-order valence-electron chi connectivity index (χ0n) is 14.2. The maximum absolute atomic E-state index is 4.46. The molecule has 1 saturated heterocycles. The standard InChI is InChI=1S/C17H28N4S/c1-5-16-13-21(9-10-22-16)17(18-2)19-12-14-7-6-8-15(11-14)20(3)4/h6-8,11,16H,5,9-10,12-13H2,1-4H3,(H,18,19). The minimum Gasteiger partial charge on any atom is -0.378 e. The van der Waals surface area contributed by atoms with Crippen LogP contribution in [-0.2, 0) is 6.54 Å². The second-order valence-corrected chi connectivity index (χ2v) is 7.22. The Morgan fingerprint density at radius 3 is 2.95 bits per heavy atom. The topological polar surface area (TPSA) is 30.9 Å². The van der Waals surface area contributed by atoms with E-state index in [0.717, 1.165) is 30.8 Å². The van der Waals surface area contributed by atoms with Gasteiger partial charge in [0.05, 0.1) is 0 Å². The Kier molecular flexibility index (Phi) is 6.43. The lowest BCUT2D eigenvalue weighted by Gasteiger charge is -2.34. The molecule has 4 nitrogen and oxygen atoms in total. The van der Waals surface area contributed by atoms with Gasteiger partial charge in [-0.05, 0) is 24.1 Å². The van der Waals surface area contributed by atoms with Gasteiger partial charge in [-0.25, -0.2) is 0 Å². The van der Waals surface area contributed by atoms with Gasteiger partial charge in [-0.3, -0.25) is 4.99 Å². The molecular formula is C17H28N4S. The van der Waals surface area contributed by atoms with Crippen LogP contribution in [0.4, 0.5) is 5.69 Å². The number of rotatable bonds is 4. The molecule has 1 aliphatic heterocycles. The Labute approximate surface area is 139 Å². The van der Waals surface area contributed by atoms with Crippen LogP contribution in [0.15, 0.2) is 29.3 Å². The fourth-order valence-electron chi connectivity index (χ4n) is 2.62. The molecular weight excluding hydrogens is 292 g/mol. The number of nitrogens with one attached hydrogen (secondary N) is 1. The monoisotopic (exact) mass is 320 g/mol. The van der Waals surface area contributed by atoms with Gasteiger partial charge in [0, 0.05) is 57.5 Å². The fourth-order valence-corrected chi connectivity index (χ4v) is 3.80. The predicted octanol–water partition coefficient (Wildman–Crippen LogP) is 2.66. The molecule has 1 fully saturated rings. The molecule has 0 saturated carbocycles. The molecule has 1 aromatic rings. The number of guanidine groups is 1. The Balaban J connectivity index is 1.95. The molecule has 5 heteroatoms. The molecule has 1 heterocycles. The first-order valence-corrected chi connectivity index (χ1v) is 9.02. The molecule has 1 unspecified atom stereocenters. The number of aliphatic imine (C=N–C) groups is 1. The molecule has 0 aromatic heterocycles. The van der Waals surface area contributed by atoms with E-state index in [1.165, 1.54) is 23.4 Å². The van der Waals surface area contributed by atoms with Crippen molar-refractivity contribution >= 4 is 23.4 Å². The van der Waals surface area contributed by atoms with Crippen LogP contribution in [0.25, 0.3) is 0 Å². The highest BCUT2D eigenvalue weighted by Crippen LogP contribution is 2.21. The number of benzene rings is 1. The maximum atomic E-state index is 4.46. The van der Waals surface area contributed by atoms with Gasteiger partial charge in [0.15, 0.2) is 5.96 Å². The predicted molar refractivity (Wildman–Crippen MR) is 99.1 cm³/mol. The Bertz CT molecular complexity index is 501. The molecule has 0 aliphatic carbocycles. The zero-order chi connectivity index (χ0) is 15.9. The van der Waals surface area contributed by atoms with Crippen molar-refractivity contribution in [3.05, 3.63) is 29.8 Å². The van der Waals surface area contributed by atoms with Gasteiger partial charge in [-0.1, -0.05) is 19.1 Å². The van der Waals surface area contributed by atoms with Gasteiger partial charge in [0.1, 0.15) is 0 Å². The summed E-state index contributed by atoms with van der Waals surface area (Å²) in [4.78, 5) is 8.99. The minimum absolute atomic E-state index is 0.726. The second-order valence-electron chi connectivity index (χ2n) is 5.81. The number of thioether (sulfide) groups is 1. The van der Waals surface area contributed by atoms with Gasteiger partial charge in [0.25, 0.3) is 0 Å². The molecule has 122 valence electrons. The van der Waals surface area contributed by atoms with Crippen LogP contribution in [0.3, 0.4) is 0 Å². The largest absolute Gasteiger partial charge is 0.378 e. The molecule has 1 aromatic carbocycles. The average Bonchev–Trinajstić information content (AvgIpc) is 2.56. The molecule has 22 heavy (non-hydrogen) atoms. The lowest BCUT2D eigenvalue weighted by Crippen LogP contribution is -2.47. The van der Waals surface area contributed by atoms with Gasteiger partial charge < -0.3 is 15.1 Å². The molecule has 0 bridgehead atoms. The van der Waals surface area contributed by atoms with Crippen LogP contribution in [0.1, 0.15) is 18.9 Å². The lowest BCUT2D eigenvalue weighted by atomic mass is 10.2. The summed E-state index contributed by atoms with van der Waals surface area (Å²) in [5, 5.41) is 4.24. The van der Waals surface area contributed by atoms with Crippen molar-refractivity contribution in [3.8, 4) is 0 Å². The van der Waals surface area contributed by atoms with Crippen LogP contribution < -0.4 is 10.2 Å². The van der Waals surface area contributed by atoms with Crippen molar-refractivity contribution in [2.75, 3.05) is 44.9 Å². The SMILES string of the molecule is CCC1CN(C(=NC)NCc2cccc(N(C)C)c2)CCS1. The fraction of sp³-hybridized carbons (Fsp3) is 0.588. The number of anilines is 1. The molecule has 1 aliphatic rings. The second kappa shape index (κ2) is 8.32. The number of hydrogen-bond donors (Lipinski definition) is 1. The molecule has 1 atom stereocenters. The van der Waals surface area contributed by atoms with Crippen LogP contribution in [0.2, 0.25) is 0 Å². The molecule has 0 radical (unpaired) electrons. The van der Waals surface area contributed by atoms with E-state index in [1.807, 2.05) is 7.05 Å². The van der Waals surface area contributed by atoms with E-state index in [4.69, 9.17) is 0 Å². The highest BCUT2D eigenvalue weighted by molar-refractivity contribution is 8.00. The molecule has 0 spiro atoms. The van der Waals surface area contributed by atoms with Gasteiger partial charge in [-0.15, -0.1) is 0 Å². The number of nitrogens with zero attached hydrogens (tertiary/aromatic N) is 3. The van der Waals surface area contributed by atoms with Gasteiger partial charge in [0.2, 0.25) is 0 Å². The Morgan fingerprint density at radius 1 is 1.45 bits per heavy atom. The summed E-state index contributed by atoms with van der Waals surface area (Å²) in [6.07, 6.45) is 1.23. The van der Waals surface area contributed by atoms with E-state index in [2.05, 4.69) is 77.2 Å². The average molecular weight is 321 g/mol. The van der Waals surface area contributed by atoms with E-state index in [1.54, 1.807) is 0 Å². The van der Waals surface area contributed by atoms with Crippen molar-refractivity contribution in [3.63, 3.8) is 0 Å². The highest BCUT2D eigenvalue weighted by atomic mass is 32.2. The Morgan fingerprint density at radius 2 is 2.27 bits per heavy atom. The number of hydrogen-bond acceptors (Lipinski definition) is 3. The summed E-state index contributed by atoms with van der Waals surface area (Å²) in [5.74, 6) is 2.21. The maximum Gasteiger partial charge on any atom is 0.193 e. The summed E-state index contributed by atoms with van der Waals surface area (Å²) in [6, 6.07) is 8.63. The van der Waals surface area contributed by atoms with E-state index in [0.29, 0.717) is 0 Å². The van der Waals surface area contributed by atoms with Gasteiger partial charge in [-0.2, -0.15) is 11.8 Å².